The molecule has 6 nitrogen and oxygen atoms in total. The van der Waals surface area contributed by atoms with Crippen molar-refractivity contribution in [2.75, 3.05) is 5.32 Å². The van der Waals surface area contributed by atoms with Gasteiger partial charge in [0.1, 0.15) is 0 Å². The van der Waals surface area contributed by atoms with Gasteiger partial charge in [0, 0.05) is 47.4 Å². The highest BCUT2D eigenvalue weighted by Gasteiger charge is 2.51. The molecule has 1 amide bonds. The second kappa shape index (κ2) is 7.82. The van der Waals surface area contributed by atoms with Gasteiger partial charge < -0.3 is 9.88 Å². The van der Waals surface area contributed by atoms with Crippen LogP contribution in [0.3, 0.4) is 0 Å². The normalized spacial score (nSPS) is 27.4. The standard InChI is InChI=1S/C28H34N4O2/c1-17-24(18(2)31(3)30-17)16-32-8-7-22-23(27(32)34)5-4-6-25(22)29-26(33)15-28-12-19-9-20(13-28)11-21(10-19)14-28/h4-8,19-21H,9-16H2,1-3H3,(H,29,33). The number of nitrogens with zero attached hydrogens (tertiary/aromatic N) is 3. The number of rotatable bonds is 5. The third kappa shape index (κ3) is 3.58. The van der Waals surface area contributed by atoms with Gasteiger partial charge in [-0.2, -0.15) is 5.10 Å². The van der Waals surface area contributed by atoms with Crippen LogP contribution in [0.25, 0.3) is 10.8 Å². The SMILES string of the molecule is Cc1nn(C)c(C)c1Cn1ccc2c(NC(=O)CC34CC5CC(CC(C5)C3)C4)cccc2c1=O. The minimum atomic E-state index is -0.0441. The molecule has 1 aromatic carbocycles. The number of amides is 1. The van der Waals surface area contributed by atoms with Crippen LogP contribution in [0, 0.1) is 37.0 Å². The van der Waals surface area contributed by atoms with Crippen LogP contribution in [0.15, 0.2) is 35.3 Å². The molecule has 0 spiro atoms. The van der Waals surface area contributed by atoms with Crippen molar-refractivity contribution in [3.8, 4) is 0 Å². The Kier molecular flexibility index (Phi) is 4.98. The Balaban J connectivity index is 1.24. The number of nitrogens with one attached hydrogen (secondary N) is 1. The summed E-state index contributed by atoms with van der Waals surface area (Å²) in [6.45, 7) is 4.49. The van der Waals surface area contributed by atoms with E-state index in [1.54, 1.807) is 4.57 Å². The van der Waals surface area contributed by atoms with Crippen molar-refractivity contribution < 1.29 is 4.79 Å². The Morgan fingerprint density at radius 3 is 2.35 bits per heavy atom. The lowest BCUT2D eigenvalue weighted by Crippen LogP contribution is -2.47. The molecule has 0 saturated heterocycles. The predicted molar refractivity (Wildman–Crippen MR) is 134 cm³/mol. The zero-order chi connectivity index (χ0) is 23.6. The predicted octanol–water partition coefficient (Wildman–Crippen LogP) is 4.95. The molecule has 0 aliphatic heterocycles. The Morgan fingerprint density at radius 2 is 1.74 bits per heavy atom. The maximum absolute atomic E-state index is 13.3. The molecule has 0 radical (unpaired) electrons. The summed E-state index contributed by atoms with van der Waals surface area (Å²) in [6, 6.07) is 7.60. The van der Waals surface area contributed by atoms with Gasteiger partial charge in [0.2, 0.25) is 5.91 Å². The zero-order valence-electron chi connectivity index (χ0n) is 20.4. The highest BCUT2D eigenvalue weighted by atomic mass is 16.1. The summed E-state index contributed by atoms with van der Waals surface area (Å²) in [5, 5.41) is 9.09. The quantitative estimate of drug-likeness (QED) is 0.588. The van der Waals surface area contributed by atoms with Gasteiger partial charge in [-0.1, -0.05) is 6.07 Å². The summed E-state index contributed by atoms with van der Waals surface area (Å²) in [6.07, 6.45) is 10.3. The maximum atomic E-state index is 13.3. The van der Waals surface area contributed by atoms with Crippen LogP contribution in [-0.2, 0) is 18.4 Å². The van der Waals surface area contributed by atoms with Crippen LogP contribution in [0.5, 0.6) is 0 Å². The number of carbonyl (C=O) groups excluding carboxylic acids is 1. The molecular formula is C28H34N4O2. The Bertz CT molecular complexity index is 1310. The lowest BCUT2D eigenvalue weighted by atomic mass is 9.49. The summed E-state index contributed by atoms with van der Waals surface area (Å²) < 4.78 is 3.59. The van der Waals surface area contributed by atoms with Crippen LogP contribution in [0.2, 0.25) is 0 Å². The van der Waals surface area contributed by atoms with Crippen molar-refractivity contribution in [1.82, 2.24) is 14.3 Å². The summed E-state index contributed by atoms with van der Waals surface area (Å²) in [5.74, 6) is 2.60. The first-order valence-electron chi connectivity index (χ1n) is 12.7. The van der Waals surface area contributed by atoms with E-state index >= 15 is 0 Å². The fourth-order valence-corrected chi connectivity index (χ4v) is 7.81. The van der Waals surface area contributed by atoms with Crippen molar-refractivity contribution in [2.45, 2.75) is 65.3 Å². The number of aryl methyl sites for hydroxylation is 2. The van der Waals surface area contributed by atoms with Crippen LogP contribution in [-0.4, -0.2) is 20.3 Å². The number of benzene rings is 1. The van der Waals surface area contributed by atoms with Gasteiger partial charge in [0.05, 0.1) is 12.2 Å². The molecule has 4 aliphatic carbocycles. The molecule has 0 atom stereocenters. The second-order valence-electron chi connectivity index (χ2n) is 11.4. The third-order valence-electron chi connectivity index (χ3n) is 8.98. The van der Waals surface area contributed by atoms with E-state index in [1.807, 2.05) is 56.0 Å². The van der Waals surface area contributed by atoms with E-state index in [2.05, 4.69) is 10.4 Å². The minimum Gasteiger partial charge on any atom is -0.325 e. The molecule has 34 heavy (non-hydrogen) atoms. The first-order chi connectivity index (χ1) is 16.3. The molecule has 7 rings (SSSR count). The number of hydrogen-bond acceptors (Lipinski definition) is 3. The number of pyridine rings is 1. The lowest BCUT2D eigenvalue weighted by molar-refractivity contribution is -0.124. The van der Waals surface area contributed by atoms with E-state index in [0.29, 0.717) is 18.4 Å². The van der Waals surface area contributed by atoms with Crippen LogP contribution >= 0.6 is 0 Å². The molecule has 4 aliphatic rings. The van der Waals surface area contributed by atoms with E-state index in [-0.39, 0.29) is 16.9 Å². The van der Waals surface area contributed by atoms with Gasteiger partial charge in [-0.15, -0.1) is 0 Å². The largest absolute Gasteiger partial charge is 0.325 e. The van der Waals surface area contributed by atoms with E-state index < -0.39 is 0 Å². The minimum absolute atomic E-state index is 0.0441. The fraction of sp³-hybridized carbons (Fsp3) is 0.536. The van der Waals surface area contributed by atoms with Gasteiger partial charge in [-0.25, -0.2) is 0 Å². The molecule has 2 aromatic heterocycles. The highest BCUT2D eigenvalue weighted by Crippen LogP contribution is 2.61. The lowest BCUT2D eigenvalue weighted by Gasteiger charge is -2.56. The Hall–Kier alpha value is -2.89. The van der Waals surface area contributed by atoms with Crippen molar-refractivity contribution in [1.29, 1.82) is 0 Å². The van der Waals surface area contributed by atoms with E-state index in [1.165, 1.54) is 38.5 Å². The molecule has 1 N–H and O–H groups in total. The van der Waals surface area contributed by atoms with Gasteiger partial charge >= 0.3 is 0 Å². The summed E-state index contributed by atoms with van der Waals surface area (Å²) >= 11 is 0. The van der Waals surface area contributed by atoms with E-state index in [0.717, 1.165) is 45.8 Å². The first-order valence-corrected chi connectivity index (χ1v) is 12.7. The number of hydrogen-bond donors (Lipinski definition) is 1. The third-order valence-corrected chi connectivity index (χ3v) is 8.98. The van der Waals surface area contributed by atoms with Gasteiger partial charge in [0.15, 0.2) is 0 Å². The highest BCUT2D eigenvalue weighted by molar-refractivity contribution is 6.02. The first kappa shape index (κ1) is 21.6. The number of carbonyl (C=O) groups is 1. The van der Waals surface area contributed by atoms with Crippen LogP contribution in [0.4, 0.5) is 5.69 Å². The smallest absolute Gasteiger partial charge is 0.258 e. The zero-order valence-corrected chi connectivity index (χ0v) is 20.4. The molecule has 178 valence electrons. The average molecular weight is 459 g/mol. The van der Waals surface area contributed by atoms with Crippen molar-refractivity contribution in [3.05, 3.63) is 57.8 Å². The van der Waals surface area contributed by atoms with Gasteiger partial charge in [-0.3, -0.25) is 14.3 Å². The Morgan fingerprint density at radius 1 is 1.06 bits per heavy atom. The summed E-state index contributed by atoms with van der Waals surface area (Å²) in [7, 11) is 1.92. The summed E-state index contributed by atoms with van der Waals surface area (Å²) in [4.78, 5) is 26.5. The van der Waals surface area contributed by atoms with Crippen LogP contribution in [0.1, 0.15) is 61.9 Å². The molecule has 4 bridgehead atoms. The van der Waals surface area contributed by atoms with Gasteiger partial charge in [-0.05, 0) is 93.7 Å². The monoisotopic (exact) mass is 458 g/mol. The summed E-state index contributed by atoms with van der Waals surface area (Å²) in [5.41, 5.74) is 3.98. The molecule has 6 heteroatoms. The number of anilines is 1. The van der Waals surface area contributed by atoms with Crippen LogP contribution < -0.4 is 10.9 Å². The molecule has 4 fully saturated rings. The van der Waals surface area contributed by atoms with Gasteiger partial charge in [0.25, 0.3) is 5.56 Å². The number of aromatic nitrogens is 3. The second-order valence-corrected chi connectivity index (χ2v) is 11.4. The molecule has 4 saturated carbocycles. The van der Waals surface area contributed by atoms with Crippen molar-refractivity contribution in [2.24, 2.45) is 30.2 Å². The molecule has 2 heterocycles. The van der Waals surface area contributed by atoms with E-state index in [4.69, 9.17) is 0 Å². The molecular weight excluding hydrogens is 424 g/mol. The average Bonchev–Trinajstić information content (AvgIpc) is 3.00. The number of fused-ring (bicyclic) bond motifs is 1. The maximum Gasteiger partial charge on any atom is 0.258 e. The Labute approximate surface area is 200 Å². The van der Waals surface area contributed by atoms with Crippen molar-refractivity contribution in [3.63, 3.8) is 0 Å². The van der Waals surface area contributed by atoms with E-state index in [9.17, 15) is 9.59 Å². The molecule has 3 aromatic rings. The molecule has 0 unspecified atom stereocenters. The topological polar surface area (TPSA) is 68.9 Å². The fourth-order valence-electron chi connectivity index (χ4n) is 7.81. The van der Waals surface area contributed by atoms with Crippen molar-refractivity contribution >= 4 is 22.4 Å².